The van der Waals surface area contributed by atoms with E-state index in [1.165, 1.54) is 4.90 Å². The zero-order valence-electron chi connectivity index (χ0n) is 7.79. The molecule has 0 saturated heterocycles. The Morgan fingerprint density at radius 1 is 1.46 bits per heavy atom. The van der Waals surface area contributed by atoms with Crippen molar-refractivity contribution in [2.45, 2.75) is 18.9 Å². The number of halogens is 1. The average Bonchev–Trinajstić information content (AvgIpc) is 2.03. The van der Waals surface area contributed by atoms with Crippen molar-refractivity contribution in [3.8, 4) is 0 Å². The molecule has 0 heterocycles. The van der Waals surface area contributed by atoms with E-state index in [0.29, 0.717) is 0 Å². The monoisotopic (exact) mass is 207 g/mol. The minimum Gasteiger partial charge on any atom is -0.391 e. The summed E-state index contributed by atoms with van der Waals surface area (Å²) in [6, 6.07) is 0. The first-order valence-electron chi connectivity index (χ1n) is 3.93. The van der Waals surface area contributed by atoms with Crippen LogP contribution in [0.15, 0.2) is 0 Å². The molecular weight excluding hydrogens is 194 g/mol. The molecular formula is C8H14ClNO3. The molecule has 4 nitrogen and oxygen atoms in total. The van der Waals surface area contributed by atoms with Gasteiger partial charge in [-0.1, -0.05) is 0 Å². The molecule has 0 fully saturated rings. The highest BCUT2D eigenvalue weighted by Crippen LogP contribution is 2.00. The minimum atomic E-state index is -0.843. The second-order valence-corrected chi connectivity index (χ2v) is 3.32. The summed E-state index contributed by atoms with van der Waals surface area (Å²) in [5.74, 6) is -0.527. The summed E-state index contributed by atoms with van der Waals surface area (Å²) in [7, 11) is 3.15. The molecule has 0 aliphatic rings. The molecule has 0 radical (unpaired) electrons. The Morgan fingerprint density at radius 3 is 2.38 bits per heavy atom. The summed E-state index contributed by atoms with van der Waals surface area (Å²) in [5, 5.41) is 9.00. The Hall–Kier alpha value is -0.610. The predicted molar refractivity (Wildman–Crippen MR) is 49.7 cm³/mol. The lowest BCUT2D eigenvalue weighted by atomic mass is 10.1. The van der Waals surface area contributed by atoms with E-state index in [0.717, 1.165) is 0 Å². The highest BCUT2D eigenvalue weighted by Gasteiger charge is 2.14. The Labute approximate surface area is 82.5 Å². The lowest BCUT2D eigenvalue weighted by Crippen LogP contribution is -2.26. The van der Waals surface area contributed by atoms with Gasteiger partial charge in [0.05, 0.1) is 12.5 Å². The molecule has 0 bridgehead atoms. The van der Waals surface area contributed by atoms with E-state index in [9.17, 15) is 9.59 Å². The number of hydrogen-bond donors (Lipinski definition) is 1. The Kier molecular flexibility index (Phi) is 5.66. The van der Waals surface area contributed by atoms with Gasteiger partial charge in [0, 0.05) is 26.4 Å². The number of aliphatic hydroxyl groups is 1. The van der Waals surface area contributed by atoms with Gasteiger partial charge < -0.3 is 10.0 Å². The number of hydrogen-bond acceptors (Lipinski definition) is 3. The van der Waals surface area contributed by atoms with Crippen molar-refractivity contribution < 1.29 is 14.7 Å². The number of nitrogens with zero attached hydrogens (tertiary/aromatic N) is 1. The fourth-order valence-corrected chi connectivity index (χ4v) is 0.825. The molecule has 1 atom stereocenters. The molecule has 0 aromatic carbocycles. The molecule has 0 unspecified atom stereocenters. The van der Waals surface area contributed by atoms with Gasteiger partial charge in [-0.05, 0) is 0 Å². The Morgan fingerprint density at radius 2 is 2.00 bits per heavy atom. The van der Waals surface area contributed by atoms with Crippen LogP contribution in [0.5, 0.6) is 0 Å². The van der Waals surface area contributed by atoms with Gasteiger partial charge in [0.25, 0.3) is 0 Å². The summed E-state index contributed by atoms with van der Waals surface area (Å²) in [6.07, 6.45) is -1.06. The largest absolute Gasteiger partial charge is 0.391 e. The van der Waals surface area contributed by atoms with Crippen LogP contribution >= 0.6 is 11.6 Å². The molecule has 5 heteroatoms. The molecule has 1 N–H and O–H groups in total. The third-order valence-corrected chi connectivity index (χ3v) is 1.84. The van der Waals surface area contributed by atoms with Gasteiger partial charge in [0.2, 0.25) is 5.91 Å². The summed E-state index contributed by atoms with van der Waals surface area (Å²) < 4.78 is 0. The van der Waals surface area contributed by atoms with Crippen molar-refractivity contribution >= 4 is 23.3 Å². The average molecular weight is 208 g/mol. The molecule has 13 heavy (non-hydrogen) atoms. The predicted octanol–water partition coefficient (Wildman–Crippen LogP) is 0.0236. The van der Waals surface area contributed by atoms with Crippen LogP contribution in [0.1, 0.15) is 12.8 Å². The first-order chi connectivity index (χ1) is 5.97. The van der Waals surface area contributed by atoms with Crippen molar-refractivity contribution in [2.24, 2.45) is 0 Å². The van der Waals surface area contributed by atoms with Gasteiger partial charge in [-0.2, -0.15) is 0 Å². The van der Waals surface area contributed by atoms with Crippen LogP contribution in [-0.2, 0) is 9.59 Å². The van der Waals surface area contributed by atoms with E-state index in [1.54, 1.807) is 14.1 Å². The van der Waals surface area contributed by atoms with Gasteiger partial charge in [-0.3, -0.25) is 9.59 Å². The molecule has 0 spiro atoms. The van der Waals surface area contributed by atoms with Crippen LogP contribution in [0.4, 0.5) is 0 Å². The molecule has 0 aliphatic carbocycles. The quantitative estimate of drug-likeness (QED) is 0.511. The van der Waals surface area contributed by atoms with Crippen LogP contribution in [0.3, 0.4) is 0 Å². The van der Waals surface area contributed by atoms with E-state index in [-0.39, 0.29) is 30.4 Å². The van der Waals surface area contributed by atoms with Gasteiger partial charge in [0.15, 0.2) is 0 Å². The van der Waals surface area contributed by atoms with E-state index in [4.69, 9.17) is 16.7 Å². The molecule has 76 valence electrons. The van der Waals surface area contributed by atoms with Crippen molar-refractivity contribution in [1.82, 2.24) is 4.90 Å². The summed E-state index contributed by atoms with van der Waals surface area (Å²) >= 11 is 5.30. The van der Waals surface area contributed by atoms with Gasteiger partial charge >= 0.3 is 0 Å². The number of carbonyl (C=O) groups is 2. The molecule has 0 saturated carbocycles. The molecule has 0 rings (SSSR count). The number of rotatable bonds is 5. The third kappa shape index (κ3) is 5.60. The smallest absolute Gasteiger partial charge is 0.229 e. The van der Waals surface area contributed by atoms with E-state index < -0.39 is 6.10 Å². The van der Waals surface area contributed by atoms with Crippen molar-refractivity contribution in [1.29, 1.82) is 0 Å². The fourth-order valence-electron chi connectivity index (χ4n) is 0.716. The summed E-state index contributed by atoms with van der Waals surface area (Å²) in [5.41, 5.74) is 0. The number of alkyl halides is 1. The summed E-state index contributed by atoms with van der Waals surface area (Å²) in [4.78, 5) is 23.4. The van der Waals surface area contributed by atoms with E-state index >= 15 is 0 Å². The van der Waals surface area contributed by atoms with Gasteiger partial charge in [-0.25, -0.2) is 0 Å². The maximum atomic E-state index is 11.1. The fraction of sp³-hybridized carbons (Fsp3) is 0.750. The van der Waals surface area contributed by atoms with Crippen LogP contribution in [0.2, 0.25) is 0 Å². The van der Waals surface area contributed by atoms with E-state index in [2.05, 4.69) is 0 Å². The van der Waals surface area contributed by atoms with Crippen LogP contribution in [0.25, 0.3) is 0 Å². The molecule has 0 aliphatic heterocycles. The number of aliphatic hydroxyl groups excluding tert-OH is 1. The lowest BCUT2D eigenvalue weighted by molar-refractivity contribution is -0.134. The normalized spacial score (nSPS) is 12.3. The van der Waals surface area contributed by atoms with Crippen LogP contribution < -0.4 is 0 Å². The SMILES string of the molecule is CN(C)C(=O)CC(=O)C[C@H](O)CCl. The maximum Gasteiger partial charge on any atom is 0.229 e. The zero-order valence-corrected chi connectivity index (χ0v) is 8.54. The topological polar surface area (TPSA) is 57.6 Å². The Bertz CT molecular complexity index is 194. The highest BCUT2D eigenvalue weighted by molar-refractivity contribution is 6.18. The third-order valence-electron chi connectivity index (χ3n) is 1.49. The second-order valence-electron chi connectivity index (χ2n) is 3.02. The number of ketones is 1. The lowest BCUT2D eigenvalue weighted by Gasteiger charge is -2.10. The van der Waals surface area contributed by atoms with E-state index in [1.807, 2.05) is 0 Å². The first kappa shape index (κ1) is 12.4. The van der Waals surface area contributed by atoms with Crippen molar-refractivity contribution in [3.05, 3.63) is 0 Å². The molecule has 0 aromatic rings. The number of carbonyl (C=O) groups excluding carboxylic acids is 2. The van der Waals surface area contributed by atoms with Crippen molar-refractivity contribution in [3.63, 3.8) is 0 Å². The van der Waals surface area contributed by atoms with Crippen LogP contribution in [0, 0.1) is 0 Å². The number of amides is 1. The molecule has 1 amide bonds. The molecule has 0 aromatic heterocycles. The minimum absolute atomic E-state index is 0.0158. The second kappa shape index (κ2) is 5.94. The zero-order chi connectivity index (χ0) is 10.4. The van der Waals surface area contributed by atoms with Gasteiger partial charge in [-0.15, -0.1) is 11.6 Å². The van der Waals surface area contributed by atoms with Crippen LogP contribution in [-0.4, -0.2) is 47.8 Å². The first-order valence-corrected chi connectivity index (χ1v) is 4.46. The van der Waals surface area contributed by atoms with Crippen molar-refractivity contribution in [2.75, 3.05) is 20.0 Å². The number of Topliss-reactive ketones (excluding diaryl/α,β-unsaturated/α-hetero) is 1. The standard InChI is InChI=1S/C8H14ClNO3/c1-10(2)8(13)4-6(11)3-7(12)5-9/h7,12H,3-5H2,1-2H3/t7-/m0/s1. The summed E-state index contributed by atoms with van der Waals surface area (Å²) in [6.45, 7) is 0. The Balaban J connectivity index is 3.81. The highest BCUT2D eigenvalue weighted by atomic mass is 35.5. The maximum absolute atomic E-state index is 11.1. The van der Waals surface area contributed by atoms with Gasteiger partial charge in [0.1, 0.15) is 5.78 Å².